The minimum atomic E-state index is -0.155. The average molecular weight is 397 g/mol. The Morgan fingerprint density at radius 2 is 1.91 bits per heavy atom. The number of thiophene rings is 1. The monoisotopic (exact) mass is 396 g/mol. The highest BCUT2D eigenvalue weighted by atomic mass is 79.9. The van der Waals surface area contributed by atoms with Gasteiger partial charge < -0.3 is 15.4 Å². The van der Waals surface area contributed by atoms with Crippen LogP contribution in [0.4, 0.5) is 0 Å². The third-order valence-electron chi connectivity index (χ3n) is 3.08. The number of ether oxygens (including phenoxy) is 1. The number of nitrogens with one attached hydrogen (secondary N) is 2. The van der Waals surface area contributed by atoms with Crippen molar-refractivity contribution in [2.45, 2.75) is 6.42 Å². The Bertz CT molecular complexity index is 674. The van der Waals surface area contributed by atoms with E-state index in [1.165, 1.54) is 11.3 Å². The van der Waals surface area contributed by atoms with Crippen LogP contribution in [-0.4, -0.2) is 32.0 Å². The van der Waals surface area contributed by atoms with Crippen molar-refractivity contribution in [2.75, 3.05) is 20.2 Å². The van der Waals surface area contributed by atoms with Crippen molar-refractivity contribution in [1.29, 1.82) is 0 Å². The average Bonchev–Trinajstić information content (AvgIpc) is 3.08. The second-order valence-corrected chi connectivity index (χ2v) is 6.49. The molecule has 23 heavy (non-hydrogen) atoms. The molecule has 0 atom stereocenters. The highest BCUT2D eigenvalue weighted by molar-refractivity contribution is 9.10. The summed E-state index contributed by atoms with van der Waals surface area (Å²) in [5.74, 6) is 0.446. The van der Waals surface area contributed by atoms with Crippen LogP contribution >= 0.6 is 27.3 Å². The van der Waals surface area contributed by atoms with Crippen LogP contribution in [0.5, 0.6) is 5.75 Å². The van der Waals surface area contributed by atoms with E-state index >= 15 is 0 Å². The van der Waals surface area contributed by atoms with Gasteiger partial charge in [0.25, 0.3) is 11.8 Å². The van der Waals surface area contributed by atoms with Gasteiger partial charge in [-0.25, -0.2) is 0 Å². The van der Waals surface area contributed by atoms with Crippen molar-refractivity contribution in [1.82, 2.24) is 10.6 Å². The van der Waals surface area contributed by atoms with Crippen LogP contribution in [0.3, 0.4) is 0 Å². The number of carbonyl (C=O) groups excluding carboxylic acids is 2. The Morgan fingerprint density at radius 3 is 2.52 bits per heavy atom. The lowest BCUT2D eigenvalue weighted by atomic mass is 10.2. The van der Waals surface area contributed by atoms with Crippen molar-refractivity contribution in [3.8, 4) is 5.75 Å². The van der Waals surface area contributed by atoms with E-state index in [4.69, 9.17) is 4.74 Å². The quantitative estimate of drug-likeness (QED) is 0.706. The van der Waals surface area contributed by atoms with E-state index in [2.05, 4.69) is 26.6 Å². The van der Waals surface area contributed by atoms with E-state index in [1.54, 1.807) is 31.4 Å². The van der Waals surface area contributed by atoms with E-state index in [0.29, 0.717) is 35.7 Å². The molecule has 1 aromatic heterocycles. The number of carbonyl (C=O) groups is 2. The van der Waals surface area contributed by atoms with Crippen molar-refractivity contribution in [2.24, 2.45) is 0 Å². The second kappa shape index (κ2) is 8.69. The zero-order valence-electron chi connectivity index (χ0n) is 12.6. The molecule has 7 heteroatoms. The zero-order valence-corrected chi connectivity index (χ0v) is 15.0. The molecule has 2 amide bonds. The van der Waals surface area contributed by atoms with Gasteiger partial charge in [-0.2, -0.15) is 0 Å². The number of benzene rings is 1. The van der Waals surface area contributed by atoms with Crippen LogP contribution in [0, 0.1) is 0 Å². The summed E-state index contributed by atoms with van der Waals surface area (Å²) in [5, 5.41) is 7.50. The van der Waals surface area contributed by atoms with Gasteiger partial charge in [-0.15, -0.1) is 11.3 Å². The lowest BCUT2D eigenvalue weighted by molar-refractivity contribution is 0.0953. The molecule has 1 aromatic carbocycles. The van der Waals surface area contributed by atoms with Gasteiger partial charge in [-0.05, 0) is 52.0 Å². The Hall–Kier alpha value is -1.86. The molecule has 5 nitrogen and oxygen atoms in total. The summed E-state index contributed by atoms with van der Waals surface area (Å²) in [4.78, 5) is 24.4. The van der Waals surface area contributed by atoms with E-state index in [1.807, 2.05) is 11.4 Å². The fourth-order valence-corrected chi connectivity index (χ4v) is 3.08. The maximum atomic E-state index is 12.0. The van der Waals surface area contributed by atoms with Gasteiger partial charge in [0, 0.05) is 18.7 Å². The van der Waals surface area contributed by atoms with Crippen LogP contribution < -0.4 is 15.4 Å². The number of amides is 2. The summed E-state index contributed by atoms with van der Waals surface area (Å²) in [6.07, 6.45) is 0.667. The largest absolute Gasteiger partial charge is 0.496 e. The smallest absolute Gasteiger partial charge is 0.261 e. The van der Waals surface area contributed by atoms with E-state index in [9.17, 15) is 9.59 Å². The molecule has 0 aliphatic rings. The van der Waals surface area contributed by atoms with Crippen LogP contribution in [0.15, 0.2) is 40.2 Å². The normalized spacial score (nSPS) is 10.2. The predicted molar refractivity (Wildman–Crippen MR) is 94.3 cm³/mol. The summed E-state index contributed by atoms with van der Waals surface area (Å²) in [6, 6.07) is 8.78. The molecule has 0 unspecified atom stereocenters. The van der Waals surface area contributed by atoms with Gasteiger partial charge in [0.2, 0.25) is 0 Å². The topological polar surface area (TPSA) is 67.4 Å². The molecule has 122 valence electrons. The van der Waals surface area contributed by atoms with Gasteiger partial charge in [0.1, 0.15) is 5.75 Å². The minimum Gasteiger partial charge on any atom is -0.496 e. The fourth-order valence-electron chi connectivity index (χ4n) is 1.90. The maximum absolute atomic E-state index is 12.0. The number of hydrogen-bond acceptors (Lipinski definition) is 4. The molecular formula is C16H17BrN2O3S. The van der Waals surface area contributed by atoms with Crippen molar-refractivity contribution in [3.63, 3.8) is 0 Å². The van der Waals surface area contributed by atoms with Gasteiger partial charge in [0.05, 0.1) is 16.5 Å². The second-order valence-electron chi connectivity index (χ2n) is 4.69. The molecule has 2 aromatic rings. The molecule has 0 saturated heterocycles. The van der Waals surface area contributed by atoms with Gasteiger partial charge in [0.15, 0.2) is 0 Å². The van der Waals surface area contributed by atoms with E-state index in [0.717, 1.165) is 4.47 Å². The molecular weight excluding hydrogens is 380 g/mol. The predicted octanol–water partition coefficient (Wildman–Crippen LogP) is 3.07. The molecule has 2 N–H and O–H groups in total. The van der Waals surface area contributed by atoms with Crippen LogP contribution in [0.2, 0.25) is 0 Å². The number of rotatable bonds is 7. The number of halogens is 1. The van der Waals surface area contributed by atoms with E-state index in [-0.39, 0.29) is 11.8 Å². The summed E-state index contributed by atoms with van der Waals surface area (Å²) in [6.45, 7) is 1.01. The lowest BCUT2D eigenvalue weighted by Gasteiger charge is -2.08. The standard InChI is InChI=1S/C16H17BrN2O3S/c1-22-13-6-5-11(10-12(13)17)15(20)18-7-3-8-19-16(21)14-4-2-9-23-14/h2,4-6,9-10H,3,7-8H2,1H3,(H,18,20)(H,19,21). The zero-order chi connectivity index (χ0) is 16.7. The maximum Gasteiger partial charge on any atom is 0.261 e. The Balaban J connectivity index is 1.70. The van der Waals surface area contributed by atoms with Gasteiger partial charge >= 0.3 is 0 Å². The highest BCUT2D eigenvalue weighted by Crippen LogP contribution is 2.25. The van der Waals surface area contributed by atoms with Gasteiger partial charge in [-0.1, -0.05) is 6.07 Å². The first-order valence-corrected chi connectivity index (χ1v) is 8.72. The molecule has 0 radical (unpaired) electrons. The molecule has 0 spiro atoms. The first kappa shape index (κ1) is 17.5. The molecule has 0 aliphatic carbocycles. The van der Waals surface area contributed by atoms with Crippen molar-refractivity contribution < 1.29 is 14.3 Å². The Kier molecular flexibility index (Phi) is 6.61. The SMILES string of the molecule is COc1ccc(C(=O)NCCCNC(=O)c2cccs2)cc1Br. The molecule has 0 bridgehead atoms. The summed E-state index contributed by atoms with van der Waals surface area (Å²) >= 11 is 4.76. The molecule has 1 heterocycles. The molecule has 0 aliphatic heterocycles. The number of hydrogen-bond donors (Lipinski definition) is 2. The van der Waals surface area contributed by atoms with Crippen LogP contribution in [0.1, 0.15) is 26.5 Å². The van der Waals surface area contributed by atoms with E-state index < -0.39 is 0 Å². The Labute approximate surface area is 147 Å². The lowest BCUT2D eigenvalue weighted by Crippen LogP contribution is -2.29. The van der Waals surface area contributed by atoms with Gasteiger partial charge in [-0.3, -0.25) is 9.59 Å². The first-order chi connectivity index (χ1) is 11.1. The van der Waals surface area contributed by atoms with Crippen LogP contribution in [-0.2, 0) is 0 Å². The first-order valence-electron chi connectivity index (χ1n) is 7.05. The molecule has 2 rings (SSSR count). The van der Waals surface area contributed by atoms with Crippen LogP contribution in [0.25, 0.3) is 0 Å². The fraction of sp³-hybridized carbons (Fsp3) is 0.250. The molecule has 0 fully saturated rings. The summed E-state index contributed by atoms with van der Waals surface area (Å²) in [7, 11) is 1.57. The Morgan fingerprint density at radius 1 is 1.17 bits per heavy atom. The summed E-state index contributed by atoms with van der Waals surface area (Å²) < 4.78 is 5.86. The third-order valence-corrected chi connectivity index (χ3v) is 4.57. The van der Waals surface area contributed by atoms with Crippen molar-refractivity contribution >= 4 is 39.1 Å². The minimum absolute atomic E-state index is 0.0783. The highest BCUT2D eigenvalue weighted by Gasteiger charge is 2.09. The molecule has 0 saturated carbocycles. The number of methoxy groups -OCH3 is 1. The van der Waals surface area contributed by atoms with Crippen molar-refractivity contribution in [3.05, 3.63) is 50.6 Å². The third kappa shape index (κ3) is 5.07. The summed E-state index contributed by atoms with van der Waals surface area (Å²) in [5.41, 5.74) is 0.556.